The first-order valence-corrected chi connectivity index (χ1v) is 5.94. The molecule has 90 valence electrons. The van der Waals surface area contributed by atoms with Crippen molar-refractivity contribution in [1.82, 2.24) is 9.44 Å². The van der Waals surface area contributed by atoms with Gasteiger partial charge in [0, 0.05) is 13.2 Å². The number of carbonyl (C=O) groups excluding carboxylic acids is 1. The molecule has 3 N–H and O–H groups in total. The highest BCUT2D eigenvalue weighted by atomic mass is 32.2. The van der Waals surface area contributed by atoms with Gasteiger partial charge in [0.1, 0.15) is 0 Å². The largest absolute Gasteiger partial charge is 0.446 e. The van der Waals surface area contributed by atoms with Crippen LogP contribution in [0.25, 0.3) is 0 Å². The van der Waals surface area contributed by atoms with E-state index in [0.29, 0.717) is 0 Å². The van der Waals surface area contributed by atoms with Crippen molar-refractivity contribution in [3.05, 3.63) is 0 Å². The lowest BCUT2D eigenvalue weighted by Crippen LogP contribution is -2.41. The van der Waals surface area contributed by atoms with Crippen molar-refractivity contribution in [2.24, 2.45) is 0 Å². The summed E-state index contributed by atoms with van der Waals surface area (Å²) in [5, 5.41) is 8.42. The van der Waals surface area contributed by atoms with Gasteiger partial charge >= 0.3 is 16.3 Å². The third-order valence-corrected chi connectivity index (χ3v) is 2.21. The molecule has 0 saturated heterocycles. The van der Waals surface area contributed by atoms with E-state index in [1.54, 1.807) is 18.6 Å². The molecular formula is C7H16N2O5S. The summed E-state index contributed by atoms with van der Waals surface area (Å²) in [6, 6.07) is 0. The van der Waals surface area contributed by atoms with Crippen LogP contribution in [0.5, 0.6) is 0 Å². The average Bonchev–Trinajstić information content (AvgIpc) is 2.00. The van der Waals surface area contributed by atoms with E-state index in [9.17, 15) is 13.2 Å². The van der Waals surface area contributed by atoms with Crippen molar-refractivity contribution in [2.75, 3.05) is 13.2 Å². The minimum absolute atomic E-state index is 0.0563. The van der Waals surface area contributed by atoms with Crippen molar-refractivity contribution in [3.8, 4) is 0 Å². The van der Waals surface area contributed by atoms with Crippen LogP contribution in [0.15, 0.2) is 0 Å². The molecular weight excluding hydrogens is 224 g/mol. The van der Waals surface area contributed by atoms with Gasteiger partial charge in [-0.15, -0.1) is 0 Å². The Kier molecular flexibility index (Phi) is 6.21. The van der Waals surface area contributed by atoms with Gasteiger partial charge in [-0.3, -0.25) is 0 Å². The zero-order chi connectivity index (χ0) is 11.9. The minimum atomic E-state index is -3.88. The smallest absolute Gasteiger partial charge is 0.422 e. The van der Waals surface area contributed by atoms with Crippen molar-refractivity contribution < 1.29 is 23.1 Å². The highest BCUT2D eigenvalue weighted by Gasteiger charge is 2.15. The Balaban J connectivity index is 3.97. The maximum absolute atomic E-state index is 11.1. The molecule has 0 fully saturated rings. The lowest BCUT2D eigenvalue weighted by molar-refractivity contribution is 0.121. The second-order valence-electron chi connectivity index (χ2n) is 3.03. The molecule has 0 unspecified atom stereocenters. The summed E-state index contributed by atoms with van der Waals surface area (Å²) in [7, 11) is -3.88. The highest BCUT2D eigenvalue weighted by molar-refractivity contribution is 7.88. The summed E-state index contributed by atoms with van der Waals surface area (Å²) < 4.78 is 30.5. The van der Waals surface area contributed by atoms with Gasteiger partial charge in [0.25, 0.3) is 0 Å². The maximum Gasteiger partial charge on any atom is 0.422 e. The van der Waals surface area contributed by atoms with E-state index < -0.39 is 22.4 Å². The molecule has 0 aromatic carbocycles. The molecule has 0 aliphatic heterocycles. The number of carbonyl (C=O) groups is 1. The van der Waals surface area contributed by atoms with Crippen LogP contribution < -0.4 is 9.44 Å². The number of amides is 1. The van der Waals surface area contributed by atoms with Gasteiger partial charge in [-0.05, 0) is 20.3 Å². The summed E-state index contributed by atoms with van der Waals surface area (Å²) in [5.74, 6) is 0. The van der Waals surface area contributed by atoms with Crippen molar-refractivity contribution in [1.29, 1.82) is 0 Å². The number of aliphatic hydroxyl groups is 1. The molecule has 0 aliphatic rings. The maximum atomic E-state index is 11.1. The Hall–Kier alpha value is -0.860. The normalized spacial score (nSPS) is 11.5. The lowest BCUT2D eigenvalue weighted by Gasteiger charge is -2.10. The second-order valence-corrected chi connectivity index (χ2v) is 4.53. The molecule has 0 aliphatic carbocycles. The molecule has 15 heavy (non-hydrogen) atoms. The van der Waals surface area contributed by atoms with Crippen LogP contribution >= 0.6 is 0 Å². The number of rotatable bonds is 6. The Morgan fingerprint density at radius 1 is 1.47 bits per heavy atom. The van der Waals surface area contributed by atoms with E-state index in [0.717, 1.165) is 0 Å². The molecule has 0 saturated carbocycles. The van der Waals surface area contributed by atoms with Crippen LogP contribution in [0, 0.1) is 0 Å². The zero-order valence-electron chi connectivity index (χ0n) is 8.69. The van der Waals surface area contributed by atoms with Gasteiger partial charge < -0.3 is 9.84 Å². The van der Waals surface area contributed by atoms with Gasteiger partial charge in [-0.25, -0.2) is 9.52 Å². The molecule has 0 rings (SSSR count). The Morgan fingerprint density at radius 3 is 2.53 bits per heavy atom. The third-order valence-electron chi connectivity index (χ3n) is 1.19. The monoisotopic (exact) mass is 240 g/mol. The molecule has 0 aromatic heterocycles. The predicted molar refractivity (Wildman–Crippen MR) is 53.4 cm³/mol. The van der Waals surface area contributed by atoms with Crippen LogP contribution in [0.2, 0.25) is 0 Å². The van der Waals surface area contributed by atoms with Crippen LogP contribution in [0.1, 0.15) is 20.3 Å². The van der Waals surface area contributed by atoms with E-state index in [1.807, 2.05) is 0 Å². The summed E-state index contributed by atoms with van der Waals surface area (Å²) >= 11 is 0. The molecule has 7 nitrogen and oxygen atoms in total. The fourth-order valence-corrected chi connectivity index (χ4v) is 1.42. The highest BCUT2D eigenvalue weighted by Crippen LogP contribution is 1.89. The molecule has 0 atom stereocenters. The number of nitrogens with one attached hydrogen (secondary N) is 2. The van der Waals surface area contributed by atoms with Gasteiger partial charge in [-0.2, -0.15) is 13.1 Å². The molecule has 8 heteroatoms. The number of hydrogen-bond donors (Lipinski definition) is 3. The molecule has 0 aromatic rings. The summed E-state index contributed by atoms with van der Waals surface area (Å²) in [5.41, 5.74) is 0. The standard InChI is InChI=1S/C7H16N2O5S/c1-6(2)14-7(11)9-15(12,13)8-4-3-5-10/h6,8,10H,3-5H2,1-2H3,(H,9,11). The van der Waals surface area contributed by atoms with Crippen LogP contribution in [-0.2, 0) is 14.9 Å². The molecule has 0 radical (unpaired) electrons. The Morgan fingerprint density at radius 2 is 2.07 bits per heavy atom. The van der Waals surface area contributed by atoms with Crippen LogP contribution in [0.3, 0.4) is 0 Å². The van der Waals surface area contributed by atoms with Crippen molar-refractivity contribution in [3.63, 3.8) is 0 Å². The molecule has 0 bridgehead atoms. The fourth-order valence-electron chi connectivity index (χ4n) is 0.670. The molecule has 1 amide bonds. The summed E-state index contributed by atoms with van der Waals surface area (Å²) in [6.07, 6.45) is -1.14. The zero-order valence-corrected chi connectivity index (χ0v) is 9.50. The van der Waals surface area contributed by atoms with E-state index in [4.69, 9.17) is 5.11 Å². The fraction of sp³-hybridized carbons (Fsp3) is 0.857. The van der Waals surface area contributed by atoms with E-state index in [1.165, 1.54) is 0 Å². The van der Waals surface area contributed by atoms with Crippen LogP contribution in [-0.4, -0.2) is 38.9 Å². The molecule has 0 heterocycles. The number of hydrogen-bond acceptors (Lipinski definition) is 5. The summed E-state index contributed by atoms with van der Waals surface area (Å²) in [6.45, 7) is 3.14. The quantitative estimate of drug-likeness (QED) is 0.534. The van der Waals surface area contributed by atoms with Crippen LogP contribution in [0.4, 0.5) is 4.79 Å². The van der Waals surface area contributed by atoms with Crippen molar-refractivity contribution >= 4 is 16.3 Å². The Labute approximate surface area is 89.0 Å². The van der Waals surface area contributed by atoms with Gasteiger partial charge in [-0.1, -0.05) is 0 Å². The summed E-state index contributed by atoms with van der Waals surface area (Å²) in [4.78, 5) is 10.9. The van der Waals surface area contributed by atoms with E-state index in [-0.39, 0.29) is 19.6 Å². The van der Waals surface area contributed by atoms with Crippen molar-refractivity contribution in [2.45, 2.75) is 26.4 Å². The number of aliphatic hydroxyl groups excluding tert-OH is 1. The van der Waals surface area contributed by atoms with Gasteiger partial charge in [0.15, 0.2) is 0 Å². The lowest BCUT2D eigenvalue weighted by atomic mass is 10.5. The number of ether oxygens (including phenoxy) is 1. The van der Waals surface area contributed by atoms with E-state index in [2.05, 4.69) is 9.46 Å². The first kappa shape index (κ1) is 14.1. The first-order valence-electron chi connectivity index (χ1n) is 4.46. The Bertz CT molecular complexity index is 288. The predicted octanol–water partition coefficient (Wildman–Crippen LogP) is -0.662. The molecule has 0 spiro atoms. The van der Waals surface area contributed by atoms with E-state index >= 15 is 0 Å². The second kappa shape index (κ2) is 6.59. The minimum Gasteiger partial charge on any atom is -0.446 e. The SMILES string of the molecule is CC(C)OC(=O)NS(=O)(=O)NCCCO. The van der Waals surface area contributed by atoms with Gasteiger partial charge in [0.2, 0.25) is 0 Å². The van der Waals surface area contributed by atoms with Gasteiger partial charge in [0.05, 0.1) is 6.10 Å². The average molecular weight is 240 g/mol. The third kappa shape index (κ3) is 8.16. The topological polar surface area (TPSA) is 105 Å². The first-order chi connectivity index (χ1) is 6.87.